The molecule has 116 valence electrons. The van der Waals surface area contributed by atoms with Gasteiger partial charge in [-0.3, -0.25) is 4.79 Å². The number of carbonyl (C=O) groups excluding carboxylic acids is 1. The van der Waals surface area contributed by atoms with Crippen LogP contribution in [0.1, 0.15) is 16.8 Å². The number of hydrogen-bond donors (Lipinski definition) is 1. The van der Waals surface area contributed by atoms with E-state index in [0.717, 1.165) is 39.1 Å². The smallest absolute Gasteiger partial charge is 0.257 e. The van der Waals surface area contributed by atoms with Gasteiger partial charge in [-0.15, -0.1) is 0 Å². The number of ether oxygens (including phenoxy) is 1. The highest BCUT2D eigenvalue weighted by Gasteiger charge is 2.20. The molecule has 1 aliphatic heterocycles. The number of amides is 1. The maximum atomic E-state index is 12.7. The average molecular weight is 291 g/mol. The van der Waals surface area contributed by atoms with Gasteiger partial charge in [-0.1, -0.05) is 12.1 Å². The zero-order valence-electron chi connectivity index (χ0n) is 13.0. The number of para-hydroxylation sites is 1. The molecule has 5 nitrogen and oxygen atoms in total. The van der Waals surface area contributed by atoms with Crippen molar-refractivity contribution in [2.75, 3.05) is 53.4 Å². The standard InChI is InChI=1S/C16H25N3O2/c1-18(2)12-13-21-15-7-4-3-6-14(15)16(20)19-10-5-8-17-9-11-19/h3-4,6-7,17H,5,8-13H2,1-2H3. The van der Waals surface area contributed by atoms with Crippen LogP contribution in [0.3, 0.4) is 0 Å². The Morgan fingerprint density at radius 3 is 2.90 bits per heavy atom. The average Bonchev–Trinajstić information content (AvgIpc) is 2.76. The fourth-order valence-corrected chi connectivity index (χ4v) is 2.33. The molecule has 1 aliphatic rings. The van der Waals surface area contributed by atoms with Gasteiger partial charge in [0.15, 0.2) is 0 Å². The molecule has 1 aromatic rings. The number of likely N-dealkylation sites (N-methyl/N-ethyl adjacent to an activating group) is 1. The zero-order valence-corrected chi connectivity index (χ0v) is 13.0. The van der Waals surface area contributed by atoms with Crippen molar-refractivity contribution in [3.8, 4) is 5.75 Å². The van der Waals surface area contributed by atoms with E-state index in [-0.39, 0.29) is 5.91 Å². The minimum atomic E-state index is 0.0687. The van der Waals surface area contributed by atoms with Crippen LogP contribution in [0, 0.1) is 0 Å². The maximum absolute atomic E-state index is 12.7. The zero-order chi connectivity index (χ0) is 15.1. The summed E-state index contributed by atoms with van der Waals surface area (Å²) in [6.45, 7) is 4.80. The lowest BCUT2D eigenvalue weighted by molar-refractivity contribution is 0.0761. The Balaban J connectivity index is 2.05. The topological polar surface area (TPSA) is 44.8 Å². The van der Waals surface area contributed by atoms with Crippen LogP contribution in [-0.4, -0.2) is 69.1 Å². The summed E-state index contributed by atoms with van der Waals surface area (Å²) in [6.07, 6.45) is 0.995. The molecule has 1 heterocycles. The van der Waals surface area contributed by atoms with Crippen LogP contribution in [0.5, 0.6) is 5.75 Å². The van der Waals surface area contributed by atoms with Gasteiger partial charge in [0, 0.05) is 26.2 Å². The number of nitrogens with one attached hydrogen (secondary N) is 1. The van der Waals surface area contributed by atoms with Crippen LogP contribution in [0.4, 0.5) is 0 Å². The third kappa shape index (κ3) is 4.72. The SMILES string of the molecule is CN(C)CCOc1ccccc1C(=O)N1CCCNCC1. The van der Waals surface area contributed by atoms with Crippen molar-refractivity contribution < 1.29 is 9.53 Å². The lowest BCUT2D eigenvalue weighted by atomic mass is 10.1. The summed E-state index contributed by atoms with van der Waals surface area (Å²) < 4.78 is 5.79. The van der Waals surface area contributed by atoms with Crippen molar-refractivity contribution in [2.24, 2.45) is 0 Å². The van der Waals surface area contributed by atoms with Gasteiger partial charge < -0.3 is 19.9 Å². The second-order valence-electron chi connectivity index (χ2n) is 5.54. The predicted octanol–water partition coefficient (Wildman–Crippen LogP) is 1.06. The van der Waals surface area contributed by atoms with Crippen LogP contribution in [0.15, 0.2) is 24.3 Å². The van der Waals surface area contributed by atoms with E-state index in [9.17, 15) is 4.79 Å². The number of carbonyl (C=O) groups is 1. The minimum Gasteiger partial charge on any atom is -0.491 e. The number of hydrogen-bond acceptors (Lipinski definition) is 4. The monoisotopic (exact) mass is 291 g/mol. The summed E-state index contributed by atoms with van der Waals surface area (Å²) in [5.41, 5.74) is 0.665. The van der Waals surface area contributed by atoms with E-state index in [0.29, 0.717) is 17.9 Å². The fraction of sp³-hybridized carbons (Fsp3) is 0.562. The highest BCUT2D eigenvalue weighted by atomic mass is 16.5. The van der Waals surface area contributed by atoms with Crippen LogP contribution in [0.2, 0.25) is 0 Å². The van der Waals surface area contributed by atoms with Gasteiger partial charge in [-0.2, -0.15) is 0 Å². The molecule has 0 atom stereocenters. The third-order valence-electron chi connectivity index (χ3n) is 3.54. The van der Waals surface area contributed by atoms with Gasteiger partial charge >= 0.3 is 0 Å². The Hall–Kier alpha value is -1.59. The Bertz CT molecular complexity index is 455. The molecule has 0 aliphatic carbocycles. The van der Waals surface area contributed by atoms with Gasteiger partial charge in [-0.05, 0) is 39.2 Å². The van der Waals surface area contributed by atoms with Crippen molar-refractivity contribution in [3.05, 3.63) is 29.8 Å². The molecule has 0 radical (unpaired) electrons. The molecule has 5 heteroatoms. The predicted molar refractivity (Wildman–Crippen MR) is 83.9 cm³/mol. The molecule has 1 fully saturated rings. The first-order valence-corrected chi connectivity index (χ1v) is 7.55. The highest BCUT2D eigenvalue weighted by Crippen LogP contribution is 2.20. The van der Waals surface area contributed by atoms with Gasteiger partial charge in [0.05, 0.1) is 5.56 Å². The van der Waals surface area contributed by atoms with Crippen molar-refractivity contribution in [1.82, 2.24) is 15.1 Å². The third-order valence-corrected chi connectivity index (χ3v) is 3.54. The lowest BCUT2D eigenvalue weighted by Gasteiger charge is -2.21. The molecule has 21 heavy (non-hydrogen) atoms. The van der Waals surface area contributed by atoms with Crippen LogP contribution >= 0.6 is 0 Å². The molecular weight excluding hydrogens is 266 g/mol. The molecule has 1 aromatic carbocycles. The van der Waals surface area contributed by atoms with Gasteiger partial charge in [-0.25, -0.2) is 0 Å². The molecule has 0 unspecified atom stereocenters. The number of nitrogens with zero attached hydrogens (tertiary/aromatic N) is 2. The minimum absolute atomic E-state index is 0.0687. The summed E-state index contributed by atoms with van der Waals surface area (Å²) in [7, 11) is 4.01. The van der Waals surface area contributed by atoms with E-state index in [1.165, 1.54) is 0 Å². The summed E-state index contributed by atoms with van der Waals surface area (Å²) in [5, 5.41) is 3.31. The molecule has 0 spiro atoms. The first kappa shape index (κ1) is 15.8. The van der Waals surface area contributed by atoms with Crippen LogP contribution in [0.25, 0.3) is 0 Å². The Morgan fingerprint density at radius 2 is 2.10 bits per heavy atom. The first-order chi connectivity index (χ1) is 10.2. The molecular formula is C16H25N3O2. The summed E-state index contributed by atoms with van der Waals surface area (Å²) in [5.74, 6) is 0.751. The Labute approximate surface area is 126 Å². The molecule has 1 amide bonds. The van der Waals surface area contributed by atoms with Crippen molar-refractivity contribution in [3.63, 3.8) is 0 Å². The van der Waals surface area contributed by atoms with E-state index in [2.05, 4.69) is 10.2 Å². The van der Waals surface area contributed by atoms with Crippen molar-refractivity contribution in [2.45, 2.75) is 6.42 Å². The van der Waals surface area contributed by atoms with E-state index in [4.69, 9.17) is 4.74 Å². The van der Waals surface area contributed by atoms with Crippen LogP contribution < -0.4 is 10.1 Å². The summed E-state index contributed by atoms with van der Waals surface area (Å²) >= 11 is 0. The van der Waals surface area contributed by atoms with E-state index < -0.39 is 0 Å². The van der Waals surface area contributed by atoms with Crippen molar-refractivity contribution in [1.29, 1.82) is 0 Å². The quantitative estimate of drug-likeness (QED) is 0.881. The van der Waals surface area contributed by atoms with E-state index >= 15 is 0 Å². The fourth-order valence-electron chi connectivity index (χ4n) is 2.33. The second-order valence-corrected chi connectivity index (χ2v) is 5.54. The maximum Gasteiger partial charge on any atom is 0.257 e. The van der Waals surface area contributed by atoms with Crippen LogP contribution in [-0.2, 0) is 0 Å². The van der Waals surface area contributed by atoms with E-state index in [1.807, 2.05) is 43.3 Å². The number of benzene rings is 1. The van der Waals surface area contributed by atoms with Gasteiger partial charge in [0.1, 0.15) is 12.4 Å². The highest BCUT2D eigenvalue weighted by molar-refractivity contribution is 5.97. The molecule has 0 aromatic heterocycles. The molecule has 0 bridgehead atoms. The van der Waals surface area contributed by atoms with Gasteiger partial charge in [0.2, 0.25) is 0 Å². The Morgan fingerprint density at radius 1 is 1.29 bits per heavy atom. The first-order valence-electron chi connectivity index (χ1n) is 7.55. The normalized spacial score (nSPS) is 15.9. The largest absolute Gasteiger partial charge is 0.491 e. The number of rotatable bonds is 5. The molecule has 1 N–H and O–H groups in total. The van der Waals surface area contributed by atoms with Gasteiger partial charge in [0.25, 0.3) is 5.91 Å². The molecule has 0 saturated carbocycles. The molecule has 2 rings (SSSR count). The second kappa shape index (κ2) is 8.00. The van der Waals surface area contributed by atoms with E-state index in [1.54, 1.807) is 0 Å². The summed E-state index contributed by atoms with van der Waals surface area (Å²) in [6, 6.07) is 7.53. The Kier molecular flexibility index (Phi) is 6.02. The lowest BCUT2D eigenvalue weighted by Crippen LogP contribution is -2.34. The van der Waals surface area contributed by atoms with Crippen molar-refractivity contribution >= 4 is 5.91 Å². The summed E-state index contributed by atoms with van der Waals surface area (Å²) in [4.78, 5) is 16.6. The molecule has 1 saturated heterocycles.